The molecule has 8 nitrogen and oxygen atoms in total. The maximum atomic E-state index is 12.7. The first-order chi connectivity index (χ1) is 15.0. The van der Waals surface area contributed by atoms with E-state index in [0.29, 0.717) is 28.5 Å². The minimum atomic E-state index is -0.265. The van der Waals surface area contributed by atoms with Crippen LogP contribution in [0.3, 0.4) is 0 Å². The lowest BCUT2D eigenvalue weighted by molar-refractivity contribution is 0.0903. The number of amides is 1. The second kappa shape index (κ2) is 9.45. The Balaban J connectivity index is 1.47. The molecule has 1 fully saturated rings. The van der Waals surface area contributed by atoms with Gasteiger partial charge in [-0.2, -0.15) is 4.98 Å². The quantitative estimate of drug-likeness (QED) is 0.606. The number of carbonyl (C=O) groups is 1. The number of rotatable bonds is 6. The third kappa shape index (κ3) is 5.21. The summed E-state index contributed by atoms with van der Waals surface area (Å²) < 4.78 is 7.14. The molecule has 3 heterocycles. The largest absolute Gasteiger partial charge is 0.381 e. The molecular formula is C22H25ClN6O2. The molecule has 0 bridgehead atoms. The first-order valence-corrected chi connectivity index (χ1v) is 10.7. The van der Waals surface area contributed by atoms with Gasteiger partial charge in [0.2, 0.25) is 5.95 Å². The van der Waals surface area contributed by atoms with Gasteiger partial charge in [0.25, 0.3) is 5.91 Å². The highest BCUT2D eigenvalue weighted by Gasteiger charge is 2.18. The number of aryl methyl sites for hydroxylation is 1. The van der Waals surface area contributed by atoms with Crippen LogP contribution in [0.25, 0.3) is 5.82 Å². The number of ether oxygens (including phenoxy) is 1. The van der Waals surface area contributed by atoms with Crippen molar-refractivity contribution in [1.29, 1.82) is 0 Å². The zero-order valence-corrected chi connectivity index (χ0v) is 18.3. The Morgan fingerprint density at radius 3 is 2.87 bits per heavy atom. The van der Waals surface area contributed by atoms with Crippen LogP contribution < -0.4 is 10.6 Å². The van der Waals surface area contributed by atoms with Crippen LogP contribution in [0.5, 0.6) is 0 Å². The summed E-state index contributed by atoms with van der Waals surface area (Å²) in [6.45, 7) is 5.31. The first-order valence-electron chi connectivity index (χ1n) is 10.3. The molecular weight excluding hydrogens is 416 g/mol. The fourth-order valence-corrected chi connectivity index (χ4v) is 3.67. The van der Waals surface area contributed by atoms with Gasteiger partial charge in [-0.15, -0.1) is 0 Å². The molecule has 162 valence electrons. The van der Waals surface area contributed by atoms with Gasteiger partial charge >= 0.3 is 0 Å². The molecule has 2 N–H and O–H groups in total. The average molecular weight is 441 g/mol. The monoisotopic (exact) mass is 440 g/mol. The van der Waals surface area contributed by atoms with Crippen molar-refractivity contribution in [3.05, 3.63) is 64.8 Å². The zero-order valence-electron chi connectivity index (χ0n) is 17.5. The molecule has 1 amide bonds. The van der Waals surface area contributed by atoms with Crippen molar-refractivity contribution in [2.75, 3.05) is 18.5 Å². The summed E-state index contributed by atoms with van der Waals surface area (Å²) in [6, 6.07) is 7.51. The molecule has 1 atom stereocenters. The van der Waals surface area contributed by atoms with Crippen LogP contribution in [0.4, 0.5) is 5.95 Å². The number of hydrogen-bond acceptors (Lipinski definition) is 6. The number of hydrogen-bond donors (Lipinski definition) is 2. The number of nitrogens with zero attached hydrogens (tertiary/aromatic N) is 4. The smallest absolute Gasteiger partial charge is 0.271 e. The number of carbonyl (C=O) groups excluding carboxylic acids is 1. The summed E-state index contributed by atoms with van der Waals surface area (Å²) in [7, 11) is 0. The molecule has 4 rings (SSSR count). The van der Waals surface area contributed by atoms with Gasteiger partial charge in [-0.3, -0.25) is 9.36 Å². The van der Waals surface area contributed by atoms with E-state index in [0.717, 1.165) is 37.2 Å². The van der Waals surface area contributed by atoms with Crippen molar-refractivity contribution in [2.45, 2.75) is 38.8 Å². The van der Waals surface area contributed by atoms with Crippen LogP contribution in [-0.4, -0.2) is 44.7 Å². The summed E-state index contributed by atoms with van der Waals surface area (Å²) >= 11 is 6.05. The van der Waals surface area contributed by atoms with Gasteiger partial charge in [0.15, 0.2) is 0 Å². The van der Waals surface area contributed by atoms with E-state index in [2.05, 4.69) is 25.6 Å². The maximum absolute atomic E-state index is 12.7. The summed E-state index contributed by atoms with van der Waals surface area (Å²) in [5.74, 6) is 0.972. The molecule has 0 aliphatic carbocycles. The third-order valence-electron chi connectivity index (χ3n) is 5.26. The standard InChI is InChI=1S/C22H25ClN6O2/c1-14-11-24-22(27-18-6-8-31-9-7-18)28-20(14)29-12-19(25-13-29)21(30)26-15(2)16-4-3-5-17(23)10-16/h3-5,10-13,15,18H,6-9H2,1-2H3,(H,26,30)(H,24,27,28). The van der Waals surface area contributed by atoms with Crippen LogP contribution >= 0.6 is 11.6 Å². The van der Waals surface area contributed by atoms with E-state index in [4.69, 9.17) is 16.3 Å². The fourth-order valence-electron chi connectivity index (χ4n) is 3.47. The normalized spacial score (nSPS) is 15.5. The topological polar surface area (TPSA) is 94.0 Å². The Morgan fingerprint density at radius 2 is 2.10 bits per heavy atom. The lowest BCUT2D eigenvalue weighted by atomic mass is 10.1. The fraction of sp³-hybridized carbons (Fsp3) is 0.364. The Morgan fingerprint density at radius 1 is 1.29 bits per heavy atom. The van der Waals surface area contributed by atoms with Gasteiger partial charge in [0, 0.05) is 42.2 Å². The predicted molar refractivity (Wildman–Crippen MR) is 119 cm³/mol. The predicted octanol–water partition coefficient (Wildman–Crippen LogP) is 3.71. The van der Waals surface area contributed by atoms with E-state index in [-0.39, 0.29) is 11.9 Å². The summed E-state index contributed by atoms with van der Waals surface area (Å²) in [4.78, 5) is 26.0. The van der Waals surface area contributed by atoms with Crippen LogP contribution in [0.2, 0.25) is 5.02 Å². The van der Waals surface area contributed by atoms with Gasteiger partial charge < -0.3 is 15.4 Å². The van der Waals surface area contributed by atoms with E-state index in [9.17, 15) is 4.79 Å². The molecule has 0 saturated carbocycles. The van der Waals surface area contributed by atoms with Crippen LogP contribution in [0.1, 0.15) is 47.4 Å². The SMILES string of the molecule is Cc1cnc(NC2CCOCC2)nc1-n1cnc(C(=O)NC(C)c2cccc(Cl)c2)c1. The molecule has 1 saturated heterocycles. The van der Waals surface area contributed by atoms with Crippen molar-refractivity contribution >= 4 is 23.5 Å². The van der Waals surface area contributed by atoms with Gasteiger partial charge in [-0.25, -0.2) is 9.97 Å². The molecule has 1 aliphatic heterocycles. The molecule has 31 heavy (non-hydrogen) atoms. The van der Waals surface area contributed by atoms with E-state index in [1.54, 1.807) is 29.4 Å². The molecule has 9 heteroatoms. The number of halogens is 1. The number of aromatic nitrogens is 4. The van der Waals surface area contributed by atoms with Gasteiger partial charge in [0.05, 0.1) is 6.04 Å². The van der Waals surface area contributed by atoms with Crippen LogP contribution in [0.15, 0.2) is 43.0 Å². The molecule has 0 spiro atoms. The molecule has 1 aliphatic rings. The molecule has 2 aromatic heterocycles. The summed E-state index contributed by atoms with van der Waals surface area (Å²) in [5.41, 5.74) is 2.12. The molecule has 1 aromatic carbocycles. The van der Waals surface area contributed by atoms with Crippen LogP contribution in [-0.2, 0) is 4.74 Å². The Bertz CT molecular complexity index is 1060. The molecule has 0 radical (unpaired) electrons. The van der Waals surface area contributed by atoms with E-state index >= 15 is 0 Å². The van der Waals surface area contributed by atoms with Gasteiger partial charge in [-0.1, -0.05) is 23.7 Å². The number of nitrogens with one attached hydrogen (secondary N) is 2. The maximum Gasteiger partial charge on any atom is 0.271 e. The van der Waals surface area contributed by atoms with Crippen LogP contribution in [0, 0.1) is 6.92 Å². The number of benzene rings is 1. The second-order valence-corrected chi connectivity index (χ2v) is 8.08. The average Bonchev–Trinajstić information content (AvgIpc) is 3.26. The highest BCUT2D eigenvalue weighted by atomic mass is 35.5. The summed E-state index contributed by atoms with van der Waals surface area (Å²) in [6.07, 6.45) is 6.88. The van der Waals surface area contributed by atoms with E-state index in [1.807, 2.05) is 32.0 Å². The van der Waals surface area contributed by atoms with Gasteiger partial charge in [0.1, 0.15) is 17.8 Å². The highest BCUT2D eigenvalue weighted by molar-refractivity contribution is 6.30. The lowest BCUT2D eigenvalue weighted by Crippen LogP contribution is -2.28. The Kier molecular flexibility index (Phi) is 6.48. The van der Waals surface area contributed by atoms with Crippen molar-refractivity contribution in [3.8, 4) is 5.82 Å². The van der Waals surface area contributed by atoms with Gasteiger partial charge in [-0.05, 0) is 44.4 Å². The minimum Gasteiger partial charge on any atom is -0.381 e. The van der Waals surface area contributed by atoms with Crippen molar-refractivity contribution in [2.24, 2.45) is 0 Å². The van der Waals surface area contributed by atoms with E-state index < -0.39 is 0 Å². The highest BCUT2D eigenvalue weighted by Crippen LogP contribution is 2.19. The number of imidazole rings is 1. The zero-order chi connectivity index (χ0) is 21.8. The van der Waals surface area contributed by atoms with Crippen molar-refractivity contribution in [3.63, 3.8) is 0 Å². The van der Waals surface area contributed by atoms with Crippen molar-refractivity contribution in [1.82, 2.24) is 24.8 Å². The minimum absolute atomic E-state index is 0.201. The second-order valence-electron chi connectivity index (χ2n) is 7.65. The Labute approximate surface area is 186 Å². The third-order valence-corrected chi connectivity index (χ3v) is 5.49. The van der Waals surface area contributed by atoms with E-state index in [1.165, 1.54) is 0 Å². The number of anilines is 1. The summed E-state index contributed by atoms with van der Waals surface area (Å²) in [5, 5.41) is 6.96. The Hall–Kier alpha value is -2.97. The van der Waals surface area contributed by atoms with Crippen molar-refractivity contribution < 1.29 is 9.53 Å². The molecule has 3 aromatic rings. The lowest BCUT2D eigenvalue weighted by Gasteiger charge is -2.23. The molecule has 1 unspecified atom stereocenters. The first kappa shape index (κ1) is 21.3.